The van der Waals surface area contributed by atoms with Crippen molar-refractivity contribution >= 4 is 33.7 Å². The van der Waals surface area contributed by atoms with E-state index in [9.17, 15) is 9.59 Å². The molecule has 0 spiro atoms. The fourth-order valence-electron chi connectivity index (χ4n) is 1.92. The minimum absolute atomic E-state index is 0.0879. The van der Waals surface area contributed by atoms with Gasteiger partial charge < -0.3 is 16.0 Å². The summed E-state index contributed by atoms with van der Waals surface area (Å²) in [6.07, 6.45) is 1.24. The maximum atomic E-state index is 12.2. The predicted molar refractivity (Wildman–Crippen MR) is 90.9 cm³/mol. The van der Waals surface area contributed by atoms with Crippen LogP contribution in [0.25, 0.3) is 11.5 Å². The molecular formula is C13H13N7O2S2. The van der Waals surface area contributed by atoms with Crippen LogP contribution in [0.4, 0.5) is 5.13 Å². The van der Waals surface area contributed by atoms with E-state index in [0.29, 0.717) is 21.7 Å². The van der Waals surface area contributed by atoms with Crippen LogP contribution >= 0.6 is 22.7 Å². The molecule has 4 N–H and O–H groups in total. The molecular weight excluding hydrogens is 350 g/mol. The van der Waals surface area contributed by atoms with Gasteiger partial charge in [0.05, 0.1) is 11.0 Å². The summed E-state index contributed by atoms with van der Waals surface area (Å²) in [6, 6.07) is -0.424. The van der Waals surface area contributed by atoms with E-state index < -0.39 is 17.5 Å². The zero-order valence-corrected chi connectivity index (χ0v) is 14.4. The fourth-order valence-corrected chi connectivity index (χ4v) is 3.13. The third kappa shape index (κ3) is 3.31. The molecule has 0 saturated heterocycles. The summed E-state index contributed by atoms with van der Waals surface area (Å²) in [5.74, 6) is -0.225. The zero-order chi connectivity index (χ0) is 17.3. The lowest BCUT2D eigenvalue weighted by Crippen LogP contribution is -2.32. The highest BCUT2D eigenvalue weighted by atomic mass is 32.1. The van der Waals surface area contributed by atoms with E-state index >= 15 is 0 Å². The second kappa shape index (κ2) is 6.45. The van der Waals surface area contributed by atoms with E-state index in [1.807, 2.05) is 6.92 Å². The zero-order valence-electron chi connectivity index (χ0n) is 12.7. The molecule has 1 atom stereocenters. The number of nitrogens with one attached hydrogen (secondary N) is 2. The number of hydrogen-bond acceptors (Lipinski definition) is 9. The molecule has 3 rings (SSSR count). The monoisotopic (exact) mass is 363 g/mol. The summed E-state index contributed by atoms with van der Waals surface area (Å²) >= 11 is 2.62. The number of aryl methyl sites for hydroxylation is 1. The minimum Gasteiger partial charge on any atom is -0.374 e. The number of carbonyl (C=O) groups excluding carboxylic acids is 1. The van der Waals surface area contributed by atoms with Crippen LogP contribution in [0.1, 0.15) is 33.3 Å². The van der Waals surface area contributed by atoms with Crippen molar-refractivity contribution < 1.29 is 4.79 Å². The van der Waals surface area contributed by atoms with Gasteiger partial charge in [0, 0.05) is 11.6 Å². The van der Waals surface area contributed by atoms with Gasteiger partial charge in [-0.15, -0.1) is 21.5 Å². The Bertz CT molecular complexity index is 946. The van der Waals surface area contributed by atoms with Crippen molar-refractivity contribution in [1.82, 2.24) is 30.5 Å². The van der Waals surface area contributed by atoms with Crippen LogP contribution < -0.4 is 16.6 Å². The van der Waals surface area contributed by atoms with E-state index in [0.717, 1.165) is 5.01 Å². The van der Waals surface area contributed by atoms with Crippen molar-refractivity contribution in [2.75, 3.05) is 5.73 Å². The van der Waals surface area contributed by atoms with Crippen LogP contribution in [0.5, 0.6) is 0 Å². The summed E-state index contributed by atoms with van der Waals surface area (Å²) in [5.41, 5.74) is 5.46. The third-order valence-electron chi connectivity index (χ3n) is 3.08. The number of amides is 1. The molecule has 9 nitrogen and oxygen atoms in total. The number of hydrogen-bond donors (Lipinski definition) is 3. The molecule has 0 aliphatic heterocycles. The average Bonchev–Trinajstić information content (AvgIpc) is 3.15. The van der Waals surface area contributed by atoms with Gasteiger partial charge in [0.15, 0.2) is 5.82 Å². The summed E-state index contributed by atoms with van der Waals surface area (Å²) in [5, 5.41) is 13.7. The maximum absolute atomic E-state index is 12.2. The molecule has 0 fully saturated rings. The van der Waals surface area contributed by atoms with Gasteiger partial charge in [0.1, 0.15) is 16.3 Å². The predicted octanol–water partition coefficient (Wildman–Crippen LogP) is 1.13. The number of nitrogens with zero attached hydrogens (tertiary/aromatic N) is 4. The first-order valence-corrected chi connectivity index (χ1v) is 8.55. The van der Waals surface area contributed by atoms with Crippen molar-refractivity contribution in [2.45, 2.75) is 19.9 Å². The van der Waals surface area contributed by atoms with Gasteiger partial charge in [-0.2, -0.15) is 0 Å². The number of anilines is 1. The average molecular weight is 363 g/mol. The Morgan fingerprint density at radius 3 is 2.79 bits per heavy atom. The Morgan fingerprint density at radius 2 is 2.21 bits per heavy atom. The smallest absolute Gasteiger partial charge is 0.264 e. The summed E-state index contributed by atoms with van der Waals surface area (Å²) in [6.45, 7) is 3.58. The number of rotatable bonds is 4. The van der Waals surface area contributed by atoms with Gasteiger partial charge >= 0.3 is 0 Å². The lowest BCUT2D eigenvalue weighted by molar-refractivity contribution is 0.0938. The first kappa shape index (κ1) is 16.2. The maximum Gasteiger partial charge on any atom is 0.264 e. The molecule has 3 aromatic rings. The second-order valence-corrected chi connectivity index (χ2v) is 7.00. The number of carbonyl (C=O) groups is 1. The molecule has 0 aliphatic rings. The normalized spacial score (nSPS) is 12.1. The minimum atomic E-state index is -0.550. The molecule has 0 bridgehead atoms. The molecule has 1 amide bonds. The first-order valence-electron chi connectivity index (χ1n) is 6.85. The Morgan fingerprint density at radius 1 is 1.42 bits per heavy atom. The van der Waals surface area contributed by atoms with Crippen molar-refractivity contribution in [1.29, 1.82) is 0 Å². The van der Waals surface area contributed by atoms with Gasteiger partial charge in [-0.1, -0.05) is 11.3 Å². The first-order chi connectivity index (χ1) is 11.4. The highest BCUT2D eigenvalue weighted by Gasteiger charge is 2.18. The van der Waals surface area contributed by atoms with E-state index in [1.165, 1.54) is 28.9 Å². The van der Waals surface area contributed by atoms with Gasteiger partial charge in [-0.05, 0) is 13.8 Å². The lowest BCUT2D eigenvalue weighted by Gasteiger charge is -2.10. The molecule has 11 heteroatoms. The molecule has 0 radical (unpaired) electrons. The molecule has 24 heavy (non-hydrogen) atoms. The van der Waals surface area contributed by atoms with Crippen LogP contribution in [0.2, 0.25) is 0 Å². The largest absolute Gasteiger partial charge is 0.374 e. The lowest BCUT2D eigenvalue weighted by atomic mass is 10.2. The van der Waals surface area contributed by atoms with Crippen molar-refractivity contribution in [2.24, 2.45) is 0 Å². The summed E-state index contributed by atoms with van der Waals surface area (Å²) in [7, 11) is 0. The molecule has 1 unspecified atom stereocenters. The number of aromatic amines is 1. The van der Waals surface area contributed by atoms with Crippen molar-refractivity contribution in [3.05, 3.63) is 37.5 Å². The van der Waals surface area contributed by atoms with Crippen LogP contribution in [-0.2, 0) is 0 Å². The van der Waals surface area contributed by atoms with Crippen LogP contribution in [0.15, 0.2) is 16.4 Å². The Labute approximate surface area is 144 Å². The SMILES string of the molecule is Cc1nc(-c2ncc(C(=O)NC(C)c3nnc(N)s3)c(=O)[nH]2)cs1. The molecule has 124 valence electrons. The van der Waals surface area contributed by atoms with Crippen LogP contribution in [0.3, 0.4) is 0 Å². The fraction of sp³-hybridized carbons (Fsp3) is 0.231. The number of nitrogens with two attached hydrogens (primary N) is 1. The summed E-state index contributed by atoms with van der Waals surface area (Å²) in [4.78, 5) is 35.3. The van der Waals surface area contributed by atoms with E-state index in [1.54, 1.807) is 12.3 Å². The molecule has 0 saturated carbocycles. The third-order valence-corrected chi connectivity index (χ3v) is 4.79. The van der Waals surface area contributed by atoms with E-state index in [2.05, 4.69) is 30.5 Å². The quantitative estimate of drug-likeness (QED) is 0.631. The summed E-state index contributed by atoms with van der Waals surface area (Å²) < 4.78 is 0. The van der Waals surface area contributed by atoms with Crippen LogP contribution in [0, 0.1) is 6.92 Å². The van der Waals surface area contributed by atoms with E-state index in [-0.39, 0.29) is 5.56 Å². The highest BCUT2D eigenvalue weighted by molar-refractivity contribution is 7.15. The Hall–Kier alpha value is -2.66. The topological polar surface area (TPSA) is 140 Å². The number of H-pyrrole nitrogens is 1. The van der Waals surface area contributed by atoms with Crippen molar-refractivity contribution in [3.63, 3.8) is 0 Å². The van der Waals surface area contributed by atoms with Crippen molar-refractivity contribution in [3.8, 4) is 11.5 Å². The molecule has 0 aromatic carbocycles. The van der Waals surface area contributed by atoms with Gasteiger partial charge in [-0.25, -0.2) is 9.97 Å². The highest BCUT2D eigenvalue weighted by Crippen LogP contribution is 2.19. The number of aromatic nitrogens is 5. The second-order valence-electron chi connectivity index (χ2n) is 4.90. The Kier molecular flexibility index (Phi) is 4.36. The Balaban J connectivity index is 1.79. The van der Waals surface area contributed by atoms with Gasteiger partial charge in [0.25, 0.3) is 11.5 Å². The van der Waals surface area contributed by atoms with E-state index in [4.69, 9.17) is 5.73 Å². The standard InChI is InChI=1S/C13H13N7O2S2/c1-5(12-19-20-13(14)24-12)16-10(21)7-3-15-9(18-11(7)22)8-4-23-6(2)17-8/h3-5H,1-2H3,(H2,14,20)(H,16,21)(H,15,18,22). The number of nitrogen functional groups attached to an aromatic ring is 1. The van der Waals surface area contributed by atoms with Gasteiger partial charge in [-0.3, -0.25) is 9.59 Å². The molecule has 0 aliphatic carbocycles. The molecule has 3 heterocycles. The molecule has 3 aromatic heterocycles. The van der Waals surface area contributed by atoms with Gasteiger partial charge in [0.2, 0.25) is 5.13 Å². The van der Waals surface area contributed by atoms with Crippen LogP contribution in [-0.4, -0.2) is 31.1 Å². The number of thiazole rings is 1.